The third-order valence-corrected chi connectivity index (χ3v) is 4.70. The Balaban J connectivity index is 2.04. The standard InChI is InChI=1S/C19H26F2N4/c1-13(15-7-8-25(4)11-15)23-12-24-14(2)18(10-22-3)17-6-5-16(20)9-19(17)21/h5-6,9-10,13,15,23H,3,7-8,11-12H2,1-2,4H3/b18-10+,24-14?. The Morgan fingerprint density at radius 2 is 2.24 bits per heavy atom. The molecule has 0 radical (unpaired) electrons. The molecule has 2 rings (SSSR count). The molecule has 1 heterocycles. The van der Waals surface area contributed by atoms with Crippen LogP contribution in [0.1, 0.15) is 25.8 Å². The summed E-state index contributed by atoms with van der Waals surface area (Å²) in [6.07, 6.45) is 2.63. The lowest BCUT2D eigenvalue weighted by atomic mass is 10.0. The number of allylic oxidation sites excluding steroid dienone is 1. The van der Waals surface area contributed by atoms with Crippen LogP contribution in [0, 0.1) is 17.6 Å². The van der Waals surface area contributed by atoms with Gasteiger partial charge in [0.25, 0.3) is 0 Å². The van der Waals surface area contributed by atoms with Gasteiger partial charge in [-0.3, -0.25) is 15.3 Å². The van der Waals surface area contributed by atoms with E-state index in [0.29, 0.717) is 29.9 Å². The van der Waals surface area contributed by atoms with Gasteiger partial charge in [0, 0.05) is 41.7 Å². The van der Waals surface area contributed by atoms with Crippen molar-refractivity contribution in [1.82, 2.24) is 10.2 Å². The van der Waals surface area contributed by atoms with Crippen LogP contribution in [0.4, 0.5) is 8.78 Å². The topological polar surface area (TPSA) is 40.0 Å². The zero-order chi connectivity index (χ0) is 18.4. The summed E-state index contributed by atoms with van der Waals surface area (Å²) in [4.78, 5) is 10.5. The van der Waals surface area contributed by atoms with Gasteiger partial charge in [-0.25, -0.2) is 8.78 Å². The van der Waals surface area contributed by atoms with Crippen molar-refractivity contribution in [3.63, 3.8) is 0 Å². The van der Waals surface area contributed by atoms with Crippen LogP contribution < -0.4 is 5.32 Å². The molecule has 25 heavy (non-hydrogen) atoms. The highest BCUT2D eigenvalue weighted by Crippen LogP contribution is 2.21. The first-order chi connectivity index (χ1) is 11.9. The lowest BCUT2D eigenvalue weighted by Gasteiger charge is -2.20. The third kappa shape index (κ3) is 5.28. The van der Waals surface area contributed by atoms with Gasteiger partial charge in [-0.2, -0.15) is 0 Å². The normalized spacial score (nSPS) is 20.8. The average Bonchev–Trinajstić information content (AvgIpc) is 2.99. The molecule has 1 saturated heterocycles. The van der Waals surface area contributed by atoms with Crippen molar-refractivity contribution in [3.8, 4) is 0 Å². The quantitative estimate of drug-likeness (QED) is 0.768. The number of benzene rings is 1. The van der Waals surface area contributed by atoms with Crippen LogP contribution in [-0.4, -0.2) is 50.2 Å². The Kier molecular flexibility index (Phi) is 6.96. The monoisotopic (exact) mass is 348 g/mol. The number of aliphatic imine (C=N–C) groups is 2. The molecule has 0 bridgehead atoms. The van der Waals surface area contributed by atoms with Crippen molar-refractivity contribution in [2.45, 2.75) is 26.3 Å². The Hall–Kier alpha value is -1.92. The Bertz CT molecular complexity index is 669. The summed E-state index contributed by atoms with van der Waals surface area (Å²) in [5.41, 5.74) is 1.39. The lowest BCUT2D eigenvalue weighted by molar-refractivity contribution is 0.350. The molecule has 0 aromatic heterocycles. The van der Waals surface area contributed by atoms with E-state index in [9.17, 15) is 8.78 Å². The predicted octanol–water partition coefficient (Wildman–Crippen LogP) is 3.35. The number of nitrogens with zero attached hydrogens (tertiary/aromatic N) is 3. The molecule has 136 valence electrons. The average molecular weight is 348 g/mol. The van der Waals surface area contributed by atoms with Gasteiger partial charge in [0.15, 0.2) is 0 Å². The first-order valence-corrected chi connectivity index (χ1v) is 8.47. The molecule has 1 aromatic rings. The molecule has 4 nitrogen and oxygen atoms in total. The maximum absolute atomic E-state index is 14.1. The molecule has 0 aliphatic carbocycles. The number of halogens is 2. The van der Waals surface area contributed by atoms with E-state index in [2.05, 4.69) is 40.9 Å². The summed E-state index contributed by atoms with van der Waals surface area (Å²) >= 11 is 0. The van der Waals surface area contributed by atoms with Gasteiger partial charge < -0.3 is 4.90 Å². The van der Waals surface area contributed by atoms with Gasteiger partial charge in [0.05, 0.1) is 6.67 Å². The number of rotatable bonds is 7. The van der Waals surface area contributed by atoms with Gasteiger partial charge in [0.2, 0.25) is 0 Å². The second kappa shape index (κ2) is 8.97. The Morgan fingerprint density at radius 1 is 1.48 bits per heavy atom. The summed E-state index contributed by atoms with van der Waals surface area (Å²) in [6.45, 7) is 10.0. The van der Waals surface area contributed by atoms with Gasteiger partial charge in [0.1, 0.15) is 11.6 Å². The molecule has 0 amide bonds. The van der Waals surface area contributed by atoms with E-state index < -0.39 is 11.6 Å². The molecule has 1 aromatic carbocycles. The van der Waals surface area contributed by atoms with Crippen LogP contribution in [0.15, 0.2) is 34.4 Å². The van der Waals surface area contributed by atoms with Crippen molar-refractivity contribution in [2.75, 3.05) is 26.8 Å². The number of hydrogen-bond donors (Lipinski definition) is 1. The Morgan fingerprint density at radius 3 is 2.84 bits per heavy atom. The first-order valence-electron chi connectivity index (χ1n) is 8.47. The van der Waals surface area contributed by atoms with Gasteiger partial charge in [-0.15, -0.1) is 0 Å². The van der Waals surface area contributed by atoms with Crippen molar-refractivity contribution in [1.29, 1.82) is 0 Å². The van der Waals surface area contributed by atoms with Gasteiger partial charge >= 0.3 is 0 Å². The van der Waals surface area contributed by atoms with E-state index in [1.807, 2.05) is 0 Å². The predicted molar refractivity (Wildman–Crippen MR) is 100 cm³/mol. The molecular weight excluding hydrogens is 322 g/mol. The first kappa shape index (κ1) is 19.4. The minimum atomic E-state index is -0.639. The zero-order valence-corrected chi connectivity index (χ0v) is 15.1. The third-order valence-electron chi connectivity index (χ3n) is 4.70. The fourth-order valence-electron chi connectivity index (χ4n) is 3.09. The molecular formula is C19H26F2N4. The molecule has 1 aliphatic rings. The van der Waals surface area contributed by atoms with E-state index in [1.54, 1.807) is 6.92 Å². The molecule has 0 spiro atoms. The number of likely N-dealkylation sites (tertiary alicyclic amines) is 1. The molecule has 1 fully saturated rings. The zero-order valence-electron chi connectivity index (χ0n) is 15.1. The van der Waals surface area contributed by atoms with Crippen LogP contribution >= 0.6 is 0 Å². The second-order valence-corrected chi connectivity index (χ2v) is 6.55. The van der Waals surface area contributed by atoms with Crippen LogP contribution in [0.5, 0.6) is 0 Å². The lowest BCUT2D eigenvalue weighted by Crippen LogP contribution is -2.35. The highest BCUT2D eigenvalue weighted by atomic mass is 19.1. The minimum Gasteiger partial charge on any atom is -0.306 e. The highest BCUT2D eigenvalue weighted by Gasteiger charge is 2.24. The van der Waals surface area contributed by atoms with Crippen LogP contribution in [0.3, 0.4) is 0 Å². The van der Waals surface area contributed by atoms with Crippen LogP contribution in [0.25, 0.3) is 5.57 Å². The van der Waals surface area contributed by atoms with Crippen LogP contribution in [-0.2, 0) is 0 Å². The fraction of sp³-hybridized carbons (Fsp3) is 0.474. The summed E-state index contributed by atoms with van der Waals surface area (Å²) in [7, 11) is 2.13. The molecule has 2 atom stereocenters. The van der Waals surface area contributed by atoms with Crippen LogP contribution in [0.2, 0.25) is 0 Å². The molecule has 2 unspecified atom stereocenters. The van der Waals surface area contributed by atoms with Crippen molar-refractivity contribution in [2.24, 2.45) is 15.9 Å². The molecule has 1 aliphatic heterocycles. The molecule has 6 heteroatoms. The fourth-order valence-corrected chi connectivity index (χ4v) is 3.09. The van der Waals surface area contributed by atoms with E-state index in [0.717, 1.165) is 19.2 Å². The second-order valence-electron chi connectivity index (χ2n) is 6.55. The Labute approximate surface area is 148 Å². The van der Waals surface area contributed by atoms with Crippen molar-refractivity contribution >= 4 is 18.0 Å². The highest BCUT2D eigenvalue weighted by molar-refractivity contribution is 6.22. The largest absolute Gasteiger partial charge is 0.306 e. The smallest absolute Gasteiger partial charge is 0.134 e. The van der Waals surface area contributed by atoms with Crippen molar-refractivity contribution in [3.05, 3.63) is 41.6 Å². The van der Waals surface area contributed by atoms with Gasteiger partial charge in [-0.05, 0) is 58.6 Å². The minimum absolute atomic E-state index is 0.264. The summed E-state index contributed by atoms with van der Waals surface area (Å²) in [5.74, 6) is -0.640. The molecule has 1 N–H and O–H groups in total. The maximum atomic E-state index is 14.1. The van der Waals surface area contributed by atoms with Gasteiger partial charge in [-0.1, -0.05) is 0 Å². The summed E-state index contributed by atoms with van der Waals surface area (Å²) in [5, 5.41) is 3.41. The van der Waals surface area contributed by atoms with E-state index >= 15 is 0 Å². The summed E-state index contributed by atoms with van der Waals surface area (Å²) in [6, 6.07) is 3.83. The maximum Gasteiger partial charge on any atom is 0.134 e. The van der Waals surface area contributed by atoms with E-state index in [1.165, 1.54) is 24.8 Å². The SMILES string of the molecule is C=N/C=C(\C(C)=NCNC(C)C1CCN(C)C1)c1ccc(F)cc1F. The van der Waals surface area contributed by atoms with Crippen molar-refractivity contribution < 1.29 is 8.78 Å². The number of hydrogen-bond acceptors (Lipinski definition) is 4. The molecule has 0 saturated carbocycles. The summed E-state index contributed by atoms with van der Waals surface area (Å²) < 4.78 is 27.2. The number of nitrogens with one attached hydrogen (secondary N) is 1. The van der Waals surface area contributed by atoms with E-state index in [-0.39, 0.29) is 5.56 Å². The van der Waals surface area contributed by atoms with E-state index in [4.69, 9.17) is 0 Å².